The number of hydrogen-bond donors (Lipinski definition) is 1. The third-order valence-electron chi connectivity index (χ3n) is 8.27. The molecular weight excluding hydrogens is 640 g/mol. The van der Waals surface area contributed by atoms with Crippen molar-refractivity contribution in [2.45, 2.75) is 101 Å². The van der Waals surface area contributed by atoms with E-state index in [0.717, 1.165) is 26.4 Å². The molecule has 9 atom stereocenters. The van der Waals surface area contributed by atoms with Crippen LogP contribution in [0.1, 0.15) is 66.7 Å². The SMILES string of the molecule is CCCCOC1[C@H](O)C(C(=O)OC)O[C@@H](O[C@@H]2C(COC(=O)c3ccccc3)O[C@H](OC)C[C@H]2OCCCC)[C@H]1OC(=O)c1ccccc1. The third kappa shape index (κ3) is 10.5. The second-order valence-electron chi connectivity index (χ2n) is 11.8. The molecule has 0 spiro atoms. The van der Waals surface area contributed by atoms with E-state index in [9.17, 15) is 19.5 Å². The number of carbonyl (C=O) groups is 3. The molecule has 0 aliphatic carbocycles. The highest BCUT2D eigenvalue weighted by Crippen LogP contribution is 2.34. The molecule has 0 radical (unpaired) electrons. The zero-order chi connectivity index (χ0) is 35.2. The van der Waals surface area contributed by atoms with E-state index in [0.29, 0.717) is 18.6 Å². The summed E-state index contributed by atoms with van der Waals surface area (Å²) in [7, 11) is 2.66. The van der Waals surface area contributed by atoms with Crippen molar-refractivity contribution in [1.82, 2.24) is 0 Å². The highest BCUT2D eigenvalue weighted by Gasteiger charge is 2.54. The number of methoxy groups -OCH3 is 2. The topological polar surface area (TPSA) is 155 Å². The summed E-state index contributed by atoms with van der Waals surface area (Å²) in [5.74, 6) is -2.17. The lowest BCUT2D eigenvalue weighted by Gasteiger charge is -2.46. The minimum absolute atomic E-state index is 0.196. The molecule has 0 amide bonds. The molecule has 0 bridgehead atoms. The van der Waals surface area contributed by atoms with Gasteiger partial charge in [0.25, 0.3) is 0 Å². The van der Waals surface area contributed by atoms with Crippen molar-refractivity contribution < 1.29 is 62.1 Å². The molecule has 2 fully saturated rings. The summed E-state index contributed by atoms with van der Waals surface area (Å²) in [6.45, 7) is 4.33. The number of rotatable bonds is 17. The van der Waals surface area contributed by atoms with Gasteiger partial charge in [0.1, 0.15) is 31.0 Å². The van der Waals surface area contributed by atoms with Crippen LogP contribution in [0, 0.1) is 0 Å². The van der Waals surface area contributed by atoms with Crippen molar-refractivity contribution in [1.29, 1.82) is 0 Å². The van der Waals surface area contributed by atoms with Crippen molar-refractivity contribution in [3.63, 3.8) is 0 Å². The van der Waals surface area contributed by atoms with Gasteiger partial charge in [-0.3, -0.25) is 0 Å². The molecule has 0 saturated carbocycles. The minimum atomic E-state index is -1.57. The fraction of sp³-hybridized carbons (Fsp3) is 0.583. The Balaban J connectivity index is 1.69. The monoisotopic (exact) mass is 688 g/mol. The number of aliphatic hydroxyl groups is 1. The van der Waals surface area contributed by atoms with Crippen LogP contribution >= 0.6 is 0 Å². The van der Waals surface area contributed by atoms with Gasteiger partial charge in [-0.1, -0.05) is 63.1 Å². The molecular formula is C36H48O13. The maximum Gasteiger partial charge on any atom is 0.338 e. The lowest BCUT2D eigenvalue weighted by Crippen LogP contribution is -2.64. The van der Waals surface area contributed by atoms with Gasteiger partial charge in [0.2, 0.25) is 0 Å². The number of hydrogen-bond acceptors (Lipinski definition) is 13. The maximum atomic E-state index is 13.4. The molecule has 0 aromatic heterocycles. The van der Waals surface area contributed by atoms with Gasteiger partial charge in [-0.05, 0) is 37.1 Å². The number of esters is 3. The number of carbonyl (C=O) groups excluding carboxylic acids is 3. The van der Waals surface area contributed by atoms with E-state index in [1.54, 1.807) is 60.7 Å². The standard InChI is InChI=1S/C36H48O13/c1-5-7-19-43-25-21-27(41-3)46-26(22-45-33(38)23-15-11-9-12-16-23)29(25)48-36-32(47-34(39)24-17-13-10-14-18-24)30(44-20-8-6-2)28(37)31(49-36)35(40)42-4/h9-18,25-32,36-37H,5-8,19-22H2,1-4H3/t25-,26?,27+,28+,29+,30?,31?,32+,36-/m1/s1. The summed E-state index contributed by atoms with van der Waals surface area (Å²) in [6, 6.07) is 16.8. The predicted molar refractivity (Wildman–Crippen MR) is 174 cm³/mol. The number of unbranched alkanes of at least 4 members (excludes halogenated alkanes) is 2. The quantitative estimate of drug-likeness (QED) is 0.146. The van der Waals surface area contributed by atoms with Crippen LogP contribution in [0.2, 0.25) is 0 Å². The van der Waals surface area contributed by atoms with Crippen LogP contribution in [0.3, 0.4) is 0 Å². The molecule has 2 aromatic carbocycles. The number of aliphatic hydroxyl groups excluding tert-OH is 1. The van der Waals surface area contributed by atoms with Crippen molar-refractivity contribution in [3.8, 4) is 0 Å². The number of ether oxygens (including phenoxy) is 9. The van der Waals surface area contributed by atoms with E-state index >= 15 is 0 Å². The fourth-order valence-electron chi connectivity index (χ4n) is 5.55. The van der Waals surface area contributed by atoms with E-state index in [-0.39, 0.29) is 25.2 Å². The van der Waals surface area contributed by atoms with Gasteiger partial charge in [-0.15, -0.1) is 0 Å². The second kappa shape index (κ2) is 19.7. The summed E-state index contributed by atoms with van der Waals surface area (Å²) in [4.78, 5) is 39.2. The van der Waals surface area contributed by atoms with Crippen LogP contribution < -0.4 is 0 Å². The Morgan fingerprint density at radius 3 is 2.00 bits per heavy atom. The molecule has 3 unspecified atom stereocenters. The molecule has 1 N–H and O–H groups in total. The van der Waals surface area contributed by atoms with Gasteiger partial charge >= 0.3 is 17.9 Å². The molecule has 2 aromatic rings. The largest absolute Gasteiger partial charge is 0.467 e. The van der Waals surface area contributed by atoms with Crippen LogP contribution in [0.15, 0.2) is 60.7 Å². The molecule has 2 heterocycles. The Morgan fingerprint density at radius 1 is 0.796 bits per heavy atom. The van der Waals surface area contributed by atoms with Crippen molar-refractivity contribution in [2.75, 3.05) is 34.0 Å². The average molecular weight is 689 g/mol. The van der Waals surface area contributed by atoms with Crippen LogP contribution in [0.5, 0.6) is 0 Å². The summed E-state index contributed by atoms with van der Waals surface area (Å²) in [6.07, 6.45) is -7.22. The second-order valence-corrected chi connectivity index (χ2v) is 11.8. The Morgan fingerprint density at radius 2 is 1.41 bits per heavy atom. The normalized spacial score (nSPS) is 28.4. The minimum Gasteiger partial charge on any atom is -0.467 e. The third-order valence-corrected chi connectivity index (χ3v) is 8.27. The first-order chi connectivity index (χ1) is 23.8. The maximum absolute atomic E-state index is 13.4. The zero-order valence-corrected chi connectivity index (χ0v) is 28.5. The fourth-order valence-corrected chi connectivity index (χ4v) is 5.55. The molecule has 2 saturated heterocycles. The molecule has 4 rings (SSSR count). The average Bonchev–Trinajstić information content (AvgIpc) is 3.13. The lowest BCUT2D eigenvalue weighted by molar-refractivity contribution is -0.343. The molecule has 49 heavy (non-hydrogen) atoms. The summed E-state index contributed by atoms with van der Waals surface area (Å²) < 4.78 is 53.3. The zero-order valence-electron chi connectivity index (χ0n) is 28.5. The number of benzene rings is 2. The Bertz CT molecular complexity index is 1290. The van der Waals surface area contributed by atoms with Crippen molar-refractivity contribution in [3.05, 3.63) is 71.8 Å². The van der Waals surface area contributed by atoms with E-state index in [2.05, 4.69) is 0 Å². The summed E-state index contributed by atoms with van der Waals surface area (Å²) >= 11 is 0. The summed E-state index contributed by atoms with van der Waals surface area (Å²) in [5.41, 5.74) is 0.592. The Labute approximate surface area is 287 Å². The van der Waals surface area contributed by atoms with Gasteiger partial charge in [0.15, 0.2) is 24.8 Å². The van der Waals surface area contributed by atoms with Crippen LogP contribution in [-0.4, -0.2) is 112 Å². The first-order valence-corrected chi connectivity index (χ1v) is 16.8. The van der Waals surface area contributed by atoms with E-state index in [1.165, 1.54) is 7.11 Å². The molecule has 270 valence electrons. The smallest absolute Gasteiger partial charge is 0.338 e. The van der Waals surface area contributed by atoms with Gasteiger partial charge in [-0.2, -0.15) is 0 Å². The van der Waals surface area contributed by atoms with Gasteiger partial charge in [0, 0.05) is 26.7 Å². The van der Waals surface area contributed by atoms with Crippen molar-refractivity contribution >= 4 is 17.9 Å². The molecule has 2 aliphatic heterocycles. The Hall–Kier alpha value is -3.43. The molecule has 13 heteroatoms. The van der Waals surface area contributed by atoms with Crippen LogP contribution in [0.4, 0.5) is 0 Å². The Kier molecular flexibility index (Phi) is 15.4. The van der Waals surface area contributed by atoms with E-state index in [4.69, 9.17) is 42.6 Å². The lowest BCUT2D eigenvalue weighted by atomic mass is 9.97. The molecule has 13 nitrogen and oxygen atoms in total. The first kappa shape index (κ1) is 38.4. The van der Waals surface area contributed by atoms with Crippen molar-refractivity contribution in [2.24, 2.45) is 0 Å². The van der Waals surface area contributed by atoms with E-state index < -0.39 is 73.2 Å². The van der Waals surface area contributed by atoms with Gasteiger partial charge in [-0.25, -0.2) is 14.4 Å². The van der Waals surface area contributed by atoms with Gasteiger partial charge in [0.05, 0.1) is 24.3 Å². The van der Waals surface area contributed by atoms with Crippen LogP contribution in [-0.2, 0) is 47.4 Å². The molecule has 2 aliphatic rings. The van der Waals surface area contributed by atoms with Gasteiger partial charge < -0.3 is 47.7 Å². The predicted octanol–water partition coefficient (Wildman–Crippen LogP) is 3.85. The summed E-state index contributed by atoms with van der Waals surface area (Å²) in [5, 5.41) is 11.4. The highest BCUT2D eigenvalue weighted by molar-refractivity contribution is 5.89. The van der Waals surface area contributed by atoms with E-state index in [1.807, 2.05) is 13.8 Å². The first-order valence-electron chi connectivity index (χ1n) is 16.8. The highest BCUT2D eigenvalue weighted by atomic mass is 16.8. The van der Waals surface area contributed by atoms with Crippen LogP contribution in [0.25, 0.3) is 0 Å².